The third-order valence-corrected chi connectivity index (χ3v) is 5.79. The maximum Gasteiger partial charge on any atom is 0.243 e. The van der Waals surface area contributed by atoms with Crippen molar-refractivity contribution < 1.29 is 13.2 Å². The molecule has 1 saturated heterocycles. The smallest absolute Gasteiger partial charge is 0.243 e. The van der Waals surface area contributed by atoms with Crippen LogP contribution < -0.4 is 11.5 Å². The van der Waals surface area contributed by atoms with Crippen molar-refractivity contribution in [2.24, 2.45) is 17.4 Å². The lowest BCUT2D eigenvalue weighted by molar-refractivity contribution is -0.121. The first kappa shape index (κ1) is 16.2. The highest BCUT2D eigenvalue weighted by atomic mass is 35.5. The number of sulfonamides is 1. The molecule has 0 spiro atoms. The standard InChI is InChI=1S/C12H14ClN3O3S2/c13-10-5-8(1-2-9(10)12(15)20)21(18,19)16-4-3-7(6-16)11(14)17/h1-2,5,7H,3-4,6H2,(H2,14,17)(H2,15,20). The lowest BCUT2D eigenvalue weighted by atomic mass is 10.1. The molecule has 0 aliphatic carbocycles. The lowest BCUT2D eigenvalue weighted by Gasteiger charge is -2.16. The summed E-state index contributed by atoms with van der Waals surface area (Å²) in [5.41, 5.74) is 11.1. The van der Waals surface area contributed by atoms with Gasteiger partial charge in [0.05, 0.1) is 15.8 Å². The van der Waals surface area contributed by atoms with E-state index in [0.717, 1.165) is 0 Å². The second kappa shape index (κ2) is 5.88. The first-order valence-corrected chi connectivity index (χ1v) is 8.35. The Hall–Kier alpha value is -1.22. The van der Waals surface area contributed by atoms with Crippen LogP contribution in [0.25, 0.3) is 0 Å². The van der Waals surface area contributed by atoms with E-state index in [0.29, 0.717) is 12.0 Å². The van der Waals surface area contributed by atoms with Crippen LogP contribution in [0.2, 0.25) is 5.02 Å². The van der Waals surface area contributed by atoms with Crippen molar-refractivity contribution in [3.8, 4) is 0 Å². The van der Waals surface area contributed by atoms with Gasteiger partial charge >= 0.3 is 0 Å². The molecule has 1 aromatic rings. The molecule has 21 heavy (non-hydrogen) atoms. The topological polar surface area (TPSA) is 106 Å². The van der Waals surface area contributed by atoms with Crippen molar-refractivity contribution in [2.75, 3.05) is 13.1 Å². The van der Waals surface area contributed by atoms with Gasteiger partial charge in [-0.2, -0.15) is 4.31 Å². The Balaban J connectivity index is 2.31. The Morgan fingerprint density at radius 2 is 2.05 bits per heavy atom. The number of thiocarbonyl (C=S) groups is 1. The SMILES string of the molecule is NC(=O)C1CCN(S(=O)(=O)c2ccc(C(N)=S)c(Cl)c2)C1. The van der Waals surface area contributed by atoms with E-state index in [2.05, 4.69) is 0 Å². The third-order valence-electron chi connectivity index (χ3n) is 3.40. The minimum Gasteiger partial charge on any atom is -0.389 e. The molecule has 0 radical (unpaired) electrons. The van der Waals surface area contributed by atoms with Crippen LogP contribution in [0.1, 0.15) is 12.0 Å². The number of rotatable bonds is 4. The third kappa shape index (κ3) is 3.18. The van der Waals surface area contributed by atoms with E-state index >= 15 is 0 Å². The van der Waals surface area contributed by atoms with Gasteiger partial charge in [-0.05, 0) is 24.6 Å². The molecular weight excluding hydrogens is 334 g/mol. The van der Waals surface area contributed by atoms with E-state index in [-0.39, 0.29) is 28.0 Å². The van der Waals surface area contributed by atoms with Gasteiger partial charge in [-0.15, -0.1) is 0 Å². The van der Waals surface area contributed by atoms with Crippen LogP contribution in [0.3, 0.4) is 0 Å². The van der Waals surface area contributed by atoms with Crippen molar-refractivity contribution in [1.82, 2.24) is 4.31 Å². The summed E-state index contributed by atoms with van der Waals surface area (Å²) < 4.78 is 26.2. The molecule has 0 bridgehead atoms. The molecule has 1 atom stereocenters. The van der Waals surface area contributed by atoms with Gasteiger partial charge < -0.3 is 11.5 Å². The number of nitrogens with two attached hydrogens (primary N) is 2. The highest BCUT2D eigenvalue weighted by Crippen LogP contribution is 2.27. The predicted octanol–water partition coefficient (Wildman–Crippen LogP) is 0.470. The average Bonchev–Trinajstić information content (AvgIpc) is 2.88. The fourth-order valence-electron chi connectivity index (χ4n) is 2.18. The average molecular weight is 348 g/mol. The van der Waals surface area contributed by atoms with Crippen molar-refractivity contribution in [3.05, 3.63) is 28.8 Å². The number of hydrogen-bond donors (Lipinski definition) is 2. The summed E-state index contributed by atoms with van der Waals surface area (Å²) in [6, 6.07) is 4.18. The Kier molecular flexibility index (Phi) is 4.52. The summed E-state index contributed by atoms with van der Waals surface area (Å²) in [5, 5.41) is 0.175. The number of carbonyl (C=O) groups excluding carboxylic acids is 1. The summed E-state index contributed by atoms with van der Waals surface area (Å²) in [4.78, 5) is 11.3. The molecule has 4 N–H and O–H groups in total. The van der Waals surface area contributed by atoms with Gasteiger partial charge in [-0.1, -0.05) is 23.8 Å². The first-order chi connectivity index (χ1) is 9.73. The number of nitrogens with zero attached hydrogens (tertiary/aromatic N) is 1. The fraction of sp³-hybridized carbons (Fsp3) is 0.333. The van der Waals surface area contributed by atoms with E-state index in [9.17, 15) is 13.2 Å². The Labute approximate surface area is 133 Å². The van der Waals surface area contributed by atoms with Crippen LogP contribution in [0.5, 0.6) is 0 Å². The molecule has 114 valence electrons. The zero-order chi connectivity index (χ0) is 15.8. The lowest BCUT2D eigenvalue weighted by Crippen LogP contribution is -2.31. The van der Waals surface area contributed by atoms with Crippen molar-refractivity contribution in [1.29, 1.82) is 0 Å². The van der Waals surface area contributed by atoms with Gasteiger partial charge in [0.15, 0.2) is 0 Å². The van der Waals surface area contributed by atoms with Crippen molar-refractivity contribution >= 4 is 44.7 Å². The maximum absolute atomic E-state index is 12.5. The molecule has 1 aromatic carbocycles. The van der Waals surface area contributed by atoms with E-state index in [4.69, 9.17) is 35.3 Å². The van der Waals surface area contributed by atoms with E-state index in [1.165, 1.54) is 22.5 Å². The zero-order valence-electron chi connectivity index (χ0n) is 11.0. The Bertz CT molecular complexity index is 706. The molecule has 2 rings (SSSR count). The number of halogens is 1. The molecule has 1 aliphatic heterocycles. The van der Waals surface area contributed by atoms with Gasteiger partial charge in [0, 0.05) is 18.7 Å². The minimum absolute atomic E-state index is 0.0395. The van der Waals surface area contributed by atoms with Crippen LogP contribution in [0.4, 0.5) is 0 Å². The van der Waals surface area contributed by atoms with Crippen LogP contribution >= 0.6 is 23.8 Å². The zero-order valence-corrected chi connectivity index (χ0v) is 13.3. The fourth-order valence-corrected chi connectivity index (χ4v) is 4.29. The highest BCUT2D eigenvalue weighted by molar-refractivity contribution is 7.89. The van der Waals surface area contributed by atoms with Gasteiger partial charge in [-0.25, -0.2) is 8.42 Å². The number of hydrogen-bond acceptors (Lipinski definition) is 4. The number of benzene rings is 1. The van der Waals surface area contributed by atoms with Gasteiger partial charge in [0.1, 0.15) is 4.99 Å². The van der Waals surface area contributed by atoms with Crippen molar-refractivity contribution in [2.45, 2.75) is 11.3 Å². The molecule has 0 saturated carbocycles. The van der Waals surface area contributed by atoms with Gasteiger partial charge in [0.2, 0.25) is 15.9 Å². The molecular formula is C12H14ClN3O3S2. The second-order valence-electron chi connectivity index (χ2n) is 4.76. The second-order valence-corrected chi connectivity index (χ2v) is 7.54. The monoisotopic (exact) mass is 347 g/mol. The minimum atomic E-state index is -3.71. The Morgan fingerprint density at radius 3 is 2.52 bits per heavy atom. The molecule has 1 amide bonds. The normalized spacial score (nSPS) is 19.6. The van der Waals surface area contributed by atoms with Crippen LogP contribution in [0.15, 0.2) is 23.1 Å². The van der Waals surface area contributed by atoms with E-state index in [1.54, 1.807) is 0 Å². The van der Waals surface area contributed by atoms with Crippen molar-refractivity contribution in [3.63, 3.8) is 0 Å². The molecule has 1 fully saturated rings. The number of amides is 1. The Morgan fingerprint density at radius 1 is 1.38 bits per heavy atom. The highest BCUT2D eigenvalue weighted by Gasteiger charge is 2.35. The summed E-state index contributed by atoms with van der Waals surface area (Å²) >= 11 is 10.8. The quantitative estimate of drug-likeness (QED) is 0.770. The molecule has 1 unspecified atom stereocenters. The summed E-state index contributed by atoms with van der Waals surface area (Å²) in [6.45, 7) is 0.344. The summed E-state index contributed by atoms with van der Waals surface area (Å²) in [5.74, 6) is -0.944. The molecule has 9 heteroatoms. The molecule has 1 heterocycles. The molecule has 1 aliphatic rings. The predicted molar refractivity (Wildman–Crippen MR) is 83.4 cm³/mol. The van der Waals surface area contributed by atoms with E-state index in [1.807, 2.05) is 0 Å². The molecule has 6 nitrogen and oxygen atoms in total. The van der Waals surface area contributed by atoms with Gasteiger partial charge in [0.25, 0.3) is 0 Å². The van der Waals surface area contributed by atoms with Crippen LogP contribution in [-0.4, -0.2) is 36.7 Å². The number of primary amides is 1. The van der Waals surface area contributed by atoms with E-state index < -0.39 is 21.8 Å². The summed E-state index contributed by atoms with van der Waals surface area (Å²) in [6.07, 6.45) is 0.424. The largest absolute Gasteiger partial charge is 0.389 e. The van der Waals surface area contributed by atoms with Crippen LogP contribution in [0, 0.1) is 5.92 Å². The first-order valence-electron chi connectivity index (χ1n) is 6.12. The van der Waals surface area contributed by atoms with Gasteiger partial charge in [-0.3, -0.25) is 4.79 Å². The molecule has 0 aromatic heterocycles. The van der Waals surface area contributed by atoms with Crippen LogP contribution in [-0.2, 0) is 14.8 Å². The maximum atomic E-state index is 12.5. The number of carbonyl (C=O) groups is 1. The summed E-state index contributed by atoms with van der Waals surface area (Å²) in [7, 11) is -3.71.